The van der Waals surface area contributed by atoms with Crippen LogP contribution in [0.15, 0.2) is 152 Å². The number of nitrogens with zero attached hydrogens (tertiary/aromatic N) is 4. The van der Waals surface area contributed by atoms with Crippen LogP contribution in [0.4, 0.5) is 0 Å². The Hall–Kier alpha value is -6.00. The van der Waals surface area contributed by atoms with E-state index >= 15 is 0 Å². The molecule has 0 saturated carbocycles. The van der Waals surface area contributed by atoms with Crippen molar-refractivity contribution in [1.82, 2.24) is 19.9 Å². The van der Waals surface area contributed by atoms with E-state index in [1.807, 2.05) is 12.3 Å². The summed E-state index contributed by atoms with van der Waals surface area (Å²) in [4.78, 5) is 19.8. The van der Waals surface area contributed by atoms with Gasteiger partial charge in [-0.1, -0.05) is 133 Å². The summed E-state index contributed by atoms with van der Waals surface area (Å²) in [7, 11) is 0. The molecule has 2 heterocycles. The number of hydrogen-bond donors (Lipinski definition) is 0. The van der Waals surface area contributed by atoms with E-state index in [9.17, 15) is 0 Å². The Morgan fingerprint density at radius 3 is 1.58 bits per heavy atom. The Labute approximate surface area is 261 Å². The molecule has 8 aromatic rings. The second-order valence-electron chi connectivity index (χ2n) is 11.2. The smallest absolute Gasteiger partial charge is 0.164 e. The van der Waals surface area contributed by atoms with Gasteiger partial charge in [-0.25, -0.2) is 15.0 Å². The molecule has 0 atom stereocenters. The van der Waals surface area contributed by atoms with Gasteiger partial charge in [0.2, 0.25) is 0 Å². The first kappa shape index (κ1) is 26.6. The van der Waals surface area contributed by atoms with E-state index in [0.29, 0.717) is 17.5 Å². The van der Waals surface area contributed by atoms with Gasteiger partial charge in [-0.3, -0.25) is 4.98 Å². The largest absolute Gasteiger partial charge is 0.256 e. The van der Waals surface area contributed by atoms with Crippen LogP contribution in [0.25, 0.3) is 78.1 Å². The summed E-state index contributed by atoms with van der Waals surface area (Å²) >= 11 is 0. The summed E-state index contributed by atoms with van der Waals surface area (Å²) in [6.07, 6.45) is 1.84. The Balaban J connectivity index is 1.26. The molecule has 212 valence electrons. The van der Waals surface area contributed by atoms with Crippen molar-refractivity contribution in [2.75, 3.05) is 0 Å². The third-order valence-electron chi connectivity index (χ3n) is 8.32. The first-order valence-electron chi connectivity index (χ1n) is 15.1. The highest BCUT2D eigenvalue weighted by Crippen LogP contribution is 2.33. The van der Waals surface area contributed by atoms with Crippen molar-refractivity contribution < 1.29 is 0 Å². The van der Waals surface area contributed by atoms with E-state index in [-0.39, 0.29) is 0 Å². The molecular weight excluding hydrogens is 548 g/mol. The van der Waals surface area contributed by atoms with Gasteiger partial charge >= 0.3 is 0 Å². The van der Waals surface area contributed by atoms with Gasteiger partial charge in [-0.15, -0.1) is 0 Å². The van der Waals surface area contributed by atoms with Crippen LogP contribution >= 0.6 is 0 Å². The van der Waals surface area contributed by atoms with Gasteiger partial charge in [-0.2, -0.15) is 0 Å². The van der Waals surface area contributed by atoms with Crippen molar-refractivity contribution in [3.05, 3.63) is 157 Å². The lowest BCUT2D eigenvalue weighted by molar-refractivity contribution is 1.08. The number of rotatable bonds is 5. The lowest BCUT2D eigenvalue weighted by Crippen LogP contribution is -2.01. The second kappa shape index (κ2) is 11.3. The SMILES string of the molecule is Cc1cccnc1-c1cccc(-c2ccc(-c3nc(-c4cccc5ccccc45)nc(-c4cccc5ccccc45)n3)cc2)c1. The van der Waals surface area contributed by atoms with E-state index in [2.05, 4.69) is 151 Å². The van der Waals surface area contributed by atoms with Crippen molar-refractivity contribution in [2.45, 2.75) is 6.92 Å². The molecule has 0 fully saturated rings. The Morgan fingerprint density at radius 1 is 0.400 bits per heavy atom. The molecule has 6 aromatic carbocycles. The highest BCUT2D eigenvalue weighted by molar-refractivity contribution is 5.97. The van der Waals surface area contributed by atoms with Gasteiger partial charge in [0.15, 0.2) is 17.5 Å². The van der Waals surface area contributed by atoms with Crippen LogP contribution in [0.5, 0.6) is 0 Å². The first-order valence-corrected chi connectivity index (χ1v) is 15.1. The molecule has 0 aliphatic carbocycles. The predicted molar refractivity (Wildman–Crippen MR) is 185 cm³/mol. The summed E-state index contributed by atoms with van der Waals surface area (Å²) < 4.78 is 0. The highest BCUT2D eigenvalue weighted by atomic mass is 15.0. The summed E-state index contributed by atoms with van der Waals surface area (Å²) in [5.41, 5.74) is 8.41. The molecule has 0 spiro atoms. The van der Waals surface area contributed by atoms with Gasteiger partial charge in [0.25, 0.3) is 0 Å². The maximum absolute atomic E-state index is 5.08. The fraction of sp³-hybridized carbons (Fsp3) is 0.0244. The summed E-state index contributed by atoms with van der Waals surface area (Å²) in [6, 6.07) is 50.4. The Kier molecular flexibility index (Phi) is 6.65. The molecule has 0 amide bonds. The quantitative estimate of drug-likeness (QED) is 0.205. The zero-order valence-corrected chi connectivity index (χ0v) is 24.7. The molecule has 0 N–H and O–H groups in total. The zero-order chi connectivity index (χ0) is 30.2. The maximum atomic E-state index is 5.08. The van der Waals surface area contributed by atoms with Crippen LogP contribution in [-0.2, 0) is 0 Å². The minimum Gasteiger partial charge on any atom is -0.256 e. The van der Waals surface area contributed by atoms with E-state index in [1.54, 1.807) is 0 Å². The minimum atomic E-state index is 0.639. The van der Waals surface area contributed by atoms with Crippen molar-refractivity contribution in [3.63, 3.8) is 0 Å². The molecule has 4 heteroatoms. The van der Waals surface area contributed by atoms with Gasteiger partial charge in [0, 0.05) is 28.5 Å². The number of aromatic nitrogens is 4. The lowest BCUT2D eigenvalue weighted by atomic mass is 9.99. The van der Waals surface area contributed by atoms with Crippen molar-refractivity contribution in [1.29, 1.82) is 0 Å². The number of benzene rings is 6. The van der Waals surface area contributed by atoms with Crippen LogP contribution < -0.4 is 0 Å². The maximum Gasteiger partial charge on any atom is 0.164 e. The number of hydrogen-bond acceptors (Lipinski definition) is 4. The molecule has 0 aliphatic rings. The third-order valence-corrected chi connectivity index (χ3v) is 8.32. The zero-order valence-electron chi connectivity index (χ0n) is 24.7. The van der Waals surface area contributed by atoms with Crippen LogP contribution in [0.3, 0.4) is 0 Å². The van der Waals surface area contributed by atoms with Crippen molar-refractivity contribution >= 4 is 21.5 Å². The molecule has 0 saturated heterocycles. The fourth-order valence-electron chi connectivity index (χ4n) is 6.03. The topological polar surface area (TPSA) is 51.6 Å². The molecular formula is C41H28N4. The monoisotopic (exact) mass is 576 g/mol. The summed E-state index contributed by atoms with van der Waals surface area (Å²) in [6.45, 7) is 2.09. The average molecular weight is 577 g/mol. The third kappa shape index (κ3) is 5.02. The Bertz CT molecular complexity index is 2230. The predicted octanol–water partition coefficient (Wildman–Crippen LogP) is 10.2. The van der Waals surface area contributed by atoms with Gasteiger partial charge in [0.05, 0.1) is 5.69 Å². The molecule has 45 heavy (non-hydrogen) atoms. The number of aryl methyl sites for hydroxylation is 1. The number of fused-ring (bicyclic) bond motifs is 2. The molecule has 0 bridgehead atoms. The molecule has 2 aromatic heterocycles. The van der Waals surface area contributed by atoms with Gasteiger partial charge in [-0.05, 0) is 57.3 Å². The lowest BCUT2D eigenvalue weighted by Gasteiger charge is -2.12. The van der Waals surface area contributed by atoms with Crippen molar-refractivity contribution in [2.24, 2.45) is 0 Å². The van der Waals surface area contributed by atoms with Crippen molar-refractivity contribution in [3.8, 4) is 56.5 Å². The van der Waals surface area contributed by atoms with Gasteiger partial charge in [0.1, 0.15) is 0 Å². The van der Waals surface area contributed by atoms with E-state index in [4.69, 9.17) is 15.0 Å². The summed E-state index contributed by atoms with van der Waals surface area (Å²) in [5.74, 6) is 1.95. The summed E-state index contributed by atoms with van der Waals surface area (Å²) in [5, 5.41) is 4.52. The molecule has 8 rings (SSSR count). The van der Waals surface area contributed by atoms with Crippen LogP contribution in [0, 0.1) is 6.92 Å². The van der Waals surface area contributed by atoms with Crippen LogP contribution in [0.2, 0.25) is 0 Å². The number of pyridine rings is 1. The van der Waals surface area contributed by atoms with Crippen LogP contribution in [-0.4, -0.2) is 19.9 Å². The van der Waals surface area contributed by atoms with E-state index in [0.717, 1.165) is 66.2 Å². The minimum absolute atomic E-state index is 0.639. The second-order valence-corrected chi connectivity index (χ2v) is 11.2. The highest BCUT2D eigenvalue weighted by Gasteiger charge is 2.16. The fourth-order valence-corrected chi connectivity index (χ4v) is 6.03. The standard InChI is InChI=1S/C41H28N4/c1-27-10-9-25-42-38(27)33-16-6-15-32(26-33)28-21-23-31(24-22-28)39-43-40(36-19-7-13-29-11-2-4-17-34(29)36)45-41(44-39)37-20-8-14-30-12-3-5-18-35(30)37/h2-26H,1H3. The van der Waals surface area contributed by atoms with Crippen LogP contribution in [0.1, 0.15) is 5.56 Å². The normalized spacial score (nSPS) is 11.2. The van der Waals surface area contributed by atoms with E-state index in [1.165, 1.54) is 0 Å². The molecule has 0 aliphatic heterocycles. The average Bonchev–Trinajstić information content (AvgIpc) is 3.11. The Morgan fingerprint density at radius 2 is 0.933 bits per heavy atom. The van der Waals surface area contributed by atoms with Gasteiger partial charge < -0.3 is 0 Å². The molecule has 0 unspecified atom stereocenters. The molecule has 4 nitrogen and oxygen atoms in total. The van der Waals surface area contributed by atoms with E-state index < -0.39 is 0 Å². The molecule has 0 radical (unpaired) electrons. The first-order chi connectivity index (χ1) is 22.2.